The van der Waals surface area contributed by atoms with Gasteiger partial charge in [-0.05, 0) is 37.6 Å². The Balaban J connectivity index is 2.05. The van der Waals surface area contributed by atoms with Crippen LogP contribution in [0.3, 0.4) is 0 Å². The molecule has 1 aliphatic heterocycles. The Morgan fingerprint density at radius 1 is 1.39 bits per heavy atom. The van der Waals surface area contributed by atoms with E-state index < -0.39 is 34.7 Å². The van der Waals surface area contributed by atoms with Gasteiger partial charge in [0.25, 0.3) is 0 Å². The lowest BCUT2D eigenvalue weighted by Crippen LogP contribution is -2.40. The lowest BCUT2D eigenvalue weighted by Gasteiger charge is -2.20. The molecular weight excluding hydrogens is 337 g/mol. The molecule has 1 atom stereocenters. The first-order chi connectivity index (χ1) is 10.7. The first kappa shape index (κ1) is 17.6. The minimum Gasteiger partial charge on any atom is -0.480 e. The quantitative estimate of drug-likeness (QED) is 0.876. The third kappa shape index (κ3) is 4.35. The lowest BCUT2D eigenvalue weighted by molar-refractivity contribution is -0.142. The molecule has 1 heterocycles. The highest BCUT2D eigenvalue weighted by Crippen LogP contribution is 2.36. The summed E-state index contributed by atoms with van der Waals surface area (Å²) in [7, 11) is 0. The molecule has 1 aromatic carbocycles. The van der Waals surface area contributed by atoms with E-state index in [1.807, 2.05) is 0 Å². The number of carbonyl (C=O) groups is 2. The van der Waals surface area contributed by atoms with E-state index in [2.05, 4.69) is 5.32 Å². The van der Waals surface area contributed by atoms with Gasteiger partial charge in [0.1, 0.15) is 6.04 Å². The zero-order chi connectivity index (χ0) is 17.2. The standard InChI is InChI=1S/C14H14ClF3N2O3/c15-10-4-3-8(6-9(10)14(16,17)18)19-12(21)7-20-5-1-2-11(20)13(22)23/h3-4,6,11H,1-2,5,7H2,(H,19,21)(H,22,23)/t11-/m1/s1. The average molecular weight is 351 g/mol. The van der Waals surface area contributed by atoms with Gasteiger partial charge in [0, 0.05) is 5.69 Å². The Morgan fingerprint density at radius 2 is 2.09 bits per heavy atom. The van der Waals surface area contributed by atoms with Gasteiger partial charge in [-0.2, -0.15) is 13.2 Å². The number of amides is 1. The molecule has 1 aromatic rings. The monoisotopic (exact) mass is 350 g/mol. The fraction of sp³-hybridized carbons (Fsp3) is 0.429. The molecule has 23 heavy (non-hydrogen) atoms. The Bertz CT molecular complexity index is 622. The van der Waals surface area contributed by atoms with Crippen molar-refractivity contribution in [2.75, 3.05) is 18.4 Å². The molecular formula is C14H14ClF3N2O3. The van der Waals surface area contributed by atoms with Gasteiger partial charge in [-0.15, -0.1) is 0 Å². The number of hydrogen-bond acceptors (Lipinski definition) is 3. The van der Waals surface area contributed by atoms with Crippen molar-refractivity contribution in [3.8, 4) is 0 Å². The smallest absolute Gasteiger partial charge is 0.417 e. The van der Waals surface area contributed by atoms with Gasteiger partial charge in [-0.25, -0.2) is 0 Å². The predicted molar refractivity (Wildman–Crippen MR) is 77.3 cm³/mol. The van der Waals surface area contributed by atoms with E-state index in [1.165, 1.54) is 11.0 Å². The van der Waals surface area contributed by atoms with Crippen molar-refractivity contribution in [2.24, 2.45) is 0 Å². The number of carbonyl (C=O) groups excluding carboxylic acids is 1. The second-order valence-electron chi connectivity index (χ2n) is 5.21. The molecule has 0 unspecified atom stereocenters. The van der Waals surface area contributed by atoms with Gasteiger partial charge < -0.3 is 10.4 Å². The highest BCUT2D eigenvalue weighted by atomic mass is 35.5. The van der Waals surface area contributed by atoms with Gasteiger partial charge >= 0.3 is 12.1 Å². The molecule has 5 nitrogen and oxygen atoms in total. The number of benzene rings is 1. The van der Waals surface area contributed by atoms with Crippen LogP contribution in [0.2, 0.25) is 5.02 Å². The summed E-state index contributed by atoms with van der Waals surface area (Å²) in [5.41, 5.74) is -1.08. The zero-order valence-electron chi connectivity index (χ0n) is 11.9. The van der Waals surface area contributed by atoms with Gasteiger partial charge in [-0.1, -0.05) is 11.6 Å². The Kier molecular flexibility index (Phi) is 5.16. The molecule has 0 saturated carbocycles. The third-order valence-corrected chi connectivity index (χ3v) is 3.88. The Hall–Kier alpha value is -1.80. The summed E-state index contributed by atoms with van der Waals surface area (Å²) in [6.07, 6.45) is -3.52. The van der Waals surface area contributed by atoms with Crippen LogP contribution in [0.25, 0.3) is 0 Å². The number of aliphatic carboxylic acids is 1. The fourth-order valence-corrected chi connectivity index (χ4v) is 2.72. The number of carboxylic acid groups (broad SMARTS) is 1. The highest BCUT2D eigenvalue weighted by molar-refractivity contribution is 6.31. The molecule has 0 aromatic heterocycles. The highest BCUT2D eigenvalue weighted by Gasteiger charge is 2.34. The first-order valence-electron chi connectivity index (χ1n) is 6.82. The molecule has 126 valence electrons. The van der Waals surface area contributed by atoms with Crippen LogP contribution in [0, 0.1) is 0 Å². The van der Waals surface area contributed by atoms with Gasteiger partial charge in [0.05, 0.1) is 17.1 Å². The van der Waals surface area contributed by atoms with Crippen molar-refractivity contribution in [3.63, 3.8) is 0 Å². The summed E-state index contributed by atoms with van der Waals surface area (Å²) >= 11 is 5.50. The molecule has 0 spiro atoms. The number of anilines is 1. The molecule has 9 heteroatoms. The van der Waals surface area contributed by atoms with Crippen LogP contribution in [0.4, 0.5) is 18.9 Å². The van der Waals surface area contributed by atoms with Crippen molar-refractivity contribution in [1.29, 1.82) is 0 Å². The van der Waals surface area contributed by atoms with Crippen molar-refractivity contribution >= 4 is 29.2 Å². The van der Waals surface area contributed by atoms with Crippen LogP contribution in [-0.4, -0.2) is 41.0 Å². The number of alkyl halides is 3. The van der Waals surface area contributed by atoms with Crippen molar-refractivity contribution in [3.05, 3.63) is 28.8 Å². The summed E-state index contributed by atoms with van der Waals surface area (Å²) in [6.45, 7) is 0.264. The molecule has 2 N–H and O–H groups in total. The topological polar surface area (TPSA) is 69.6 Å². The number of carboxylic acids is 1. The van der Waals surface area contributed by atoms with E-state index in [-0.39, 0.29) is 12.2 Å². The van der Waals surface area contributed by atoms with Gasteiger partial charge in [0.15, 0.2) is 0 Å². The number of halogens is 4. The zero-order valence-corrected chi connectivity index (χ0v) is 12.6. The van der Waals surface area contributed by atoms with E-state index in [0.717, 1.165) is 12.1 Å². The second-order valence-corrected chi connectivity index (χ2v) is 5.61. The SMILES string of the molecule is O=C(CN1CCC[C@@H]1C(=O)O)Nc1ccc(Cl)c(C(F)(F)F)c1. The summed E-state index contributed by atoms with van der Waals surface area (Å²) in [5.74, 6) is -1.59. The molecule has 1 aliphatic rings. The molecule has 1 saturated heterocycles. The maximum absolute atomic E-state index is 12.8. The average Bonchev–Trinajstić information content (AvgIpc) is 2.87. The van der Waals surface area contributed by atoms with E-state index in [4.69, 9.17) is 16.7 Å². The molecule has 0 radical (unpaired) electrons. The van der Waals surface area contributed by atoms with Crippen molar-refractivity contribution < 1.29 is 27.9 Å². The second kappa shape index (κ2) is 6.76. The maximum Gasteiger partial charge on any atom is 0.417 e. The summed E-state index contributed by atoms with van der Waals surface area (Å²) in [4.78, 5) is 24.4. The minimum absolute atomic E-state index is 0.0437. The van der Waals surface area contributed by atoms with Crippen molar-refractivity contribution in [1.82, 2.24) is 4.90 Å². The van der Waals surface area contributed by atoms with E-state index in [0.29, 0.717) is 19.4 Å². The Morgan fingerprint density at radius 3 is 2.70 bits per heavy atom. The molecule has 1 fully saturated rings. The van der Waals surface area contributed by atoms with E-state index in [9.17, 15) is 22.8 Å². The van der Waals surface area contributed by atoms with Crippen molar-refractivity contribution in [2.45, 2.75) is 25.1 Å². The summed E-state index contributed by atoms with van der Waals surface area (Å²) < 4.78 is 38.3. The maximum atomic E-state index is 12.8. The summed E-state index contributed by atoms with van der Waals surface area (Å²) in [5, 5.41) is 10.9. The fourth-order valence-electron chi connectivity index (χ4n) is 2.50. The van der Waals surface area contributed by atoms with Gasteiger partial charge in [-0.3, -0.25) is 14.5 Å². The molecule has 1 amide bonds. The largest absolute Gasteiger partial charge is 0.480 e. The van der Waals surface area contributed by atoms with Crippen LogP contribution < -0.4 is 5.32 Å². The van der Waals surface area contributed by atoms with Crippen LogP contribution in [0.1, 0.15) is 18.4 Å². The molecule has 0 aliphatic carbocycles. The van der Waals surface area contributed by atoms with E-state index in [1.54, 1.807) is 0 Å². The summed E-state index contributed by atoms with van der Waals surface area (Å²) in [6, 6.07) is 2.32. The number of nitrogens with zero attached hydrogens (tertiary/aromatic N) is 1. The first-order valence-corrected chi connectivity index (χ1v) is 7.19. The Labute approximate surface area is 135 Å². The number of hydrogen-bond donors (Lipinski definition) is 2. The van der Waals surface area contributed by atoms with Crippen LogP contribution in [0.5, 0.6) is 0 Å². The van der Waals surface area contributed by atoms with Crippen LogP contribution in [-0.2, 0) is 15.8 Å². The van der Waals surface area contributed by atoms with Crippen LogP contribution >= 0.6 is 11.6 Å². The third-order valence-electron chi connectivity index (χ3n) is 3.55. The van der Waals surface area contributed by atoms with Gasteiger partial charge in [0.2, 0.25) is 5.91 Å². The number of nitrogens with one attached hydrogen (secondary N) is 1. The lowest BCUT2D eigenvalue weighted by atomic mass is 10.2. The van der Waals surface area contributed by atoms with E-state index >= 15 is 0 Å². The normalized spacial score (nSPS) is 18.9. The number of likely N-dealkylation sites (tertiary alicyclic amines) is 1. The minimum atomic E-state index is -4.62. The molecule has 0 bridgehead atoms. The predicted octanol–water partition coefficient (Wildman–Crippen LogP) is 2.85. The molecule has 2 rings (SSSR count). The number of rotatable bonds is 4. The van der Waals surface area contributed by atoms with Crippen LogP contribution in [0.15, 0.2) is 18.2 Å².